The van der Waals surface area contributed by atoms with Crippen molar-refractivity contribution in [3.8, 4) is 0 Å². The predicted octanol–water partition coefficient (Wildman–Crippen LogP) is 4.56. The topological polar surface area (TPSA) is 73.4 Å². The number of nitrogens with one attached hydrogen (secondary N) is 1. The van der Waals surface area contributed by atoms with E-state index in [4.69, 9.17) is 0 Å². The number of amides is 1. The van der Waals surface area contributed by atoms with Gasteiger partial charge >= 0.3 is 0 Å². The molecule has 1 saturated heterocycles. The number of ketones is 1. The molecule has 29 heavy (non-hydrogen) atoms. The standard InChI is InChI=1S/C24H24N2O3/c1-3-13-26-21(18-14-25-19-8-6-5-7-17(18)19)20(23(28)24(26)29)22(27)16-11-9-15(4-2)10-12-16/h5-12,14,21,25,27H,3-4,13H2,1-2H3/b22-20+. The number of hydrogen-bond donors (Lipinski definition) is 2. The van der Waals surface area contributed by atoms with Crippen molar-refractivity contribution in [2.75, 3.05) is 6.54 Å². The molecule has 2 heterocycles. The van der Waals surface area contributed by atoms with Gasteiger partial charge in [-0.15, -0.1) is 0 Å². The summed E-state index contributed by atoms with van der Waals surface area (Å²) in [4.78, 5) is 30.5. The molecule has 1 amide bonds. The fraction of sp³-hybridized carbons (Fsp3) is 0.250. The Labute approximate surface area is 169 Å². The third kappa shape index (κ3) is 3.12. The van der Waals surface area contributed by atoms with Gasteiger partial charge in [0.15, 0.2) is 0 Å². The van der Waals surface area contributed by atoms with E-state index in [-0.39, 0.29) is 11.3 Å². The number of carbonyl (C=O) groups excluding carboxylic acids is 2. The second kappa shape index (κ2) is 7.59. The number of nitrogens with zero attached hydrogens (tertiary/aromatic N) is 1. The van der Waals surface area contributed by atoms with Crippen molar-refractivity contribution in [1.29, 1.82) is 0 Å². The first-order valence-corrected chi connectivity index (χ1v) is 10.0. The van der Waals surface area contributed by atoms with E-state index < -0.39 is 17.7 Å². The molecule has 0 aliphatic carbocycles. The van der Waals surface area contributed by atoms with Gasteiger partial charge in [0.1, 0.15) is 5.76 Å². The molecule has 1 fully saturated rings. The second-order valence-electron chi connectivity index (χ2n) is 7.33. The third-order valence-electron chi connectivity index (χ3n) is 5.56. The molecule has 2 N–H and O–H groups in total. The van der Waals surface area contributed by atoms with Crippen LogP contribution in [0.5, 0.6) is 0 Å². The van der Waals surface area contributed by atoms with E-state index in [1.54, 1.807) is 17.0 Å². The van der Waals surface area contributed by atoms with Crippen molar-refractivity contribution in [1.82, 2.24) is 9.88 Å². The van der Waals surface area contributed by atoms with Crippen molar-refractivity contribution in [2.45, 2.75) is 32.7 Å². The fourth-order valence-electron chi connectivity index (χ4n) is 4.05. The van der Waals surface area contributed by atoms with Gasteiger partial charge in [0.2, 0.25) is 0 Å². The Bertz CT molecular complexity index is 1110. The van der Waals surface area contributed by atoms with Crippen molar-refractivity contribution < 1.29 is 14.7 Å². The highest BCUT2D eigenvalue weighted by molar-refractivity contribution is 6.46. The fourth-order valence-corrected chi connectivity index (χ4v) is 4.05. The van der Waals surface area contributed by atoms with Crippen molar-refractivity contribution >= 4 is 28.4 Å². The molecule has 1 unspecified atom stereocenters. The number of para-hydroxylation sites is 1. The summed E-state index contributed by atoms with van der Waals surface area (Å²) in [6.07, 6.45) is 3.44. The molecule has 0 radical (unpaired) electrons. The molecule has 148 valence electrons. The molecule has 5 nitrogen and oxygen atoms in total. The largest absolute Gasteiger partial charge is 0.507 e. The number of aliphatic hydroxyl groups excluding tert-OH is 1. The van der Waals surface area contributed by atoms with Crippen LogP contribution in [-0.2, 0) is 16.0 Å². The van der Waals surface area contributed by atoms with Gasteiger partial charge in [0.25, 0.3) is 11.7 Å². The highest BCUT2D eigenvalue weighted by atomic mass is 16.3. The van der Waals surface area contributed by atoms with Gasteiger partial charge in [-0.05, 0) is 24.5 Å². The number of hydrogen-bond acceptors (Lipinski definition) is 3. The van der Waals surface area contributed by atoms with Gasteiger partial charge in [-0.2, -0.15) is 0 Å². The number of H-pyrrole nitrogens is 1. The van der Waals surface area contributed by atoms with Gasteiger partial charge in [-0.3, -0.25) is 9.59 Å². The monoisotopic (exact) mass is 388 g/mol. The summed E-state index contributed by atoms with van der Waals surface area (Å²) in [6.45, 7) is 4.47. The number of carbonyl (C=O) groups is 2. The Kier molecular flexibility index (Phi) is 4.97. The Morgan fingerprint density at radius 1 is 1.07 bits per heavy atom. The molecule has 0 spiro atoms. The van der Waals surface area contributed by atoms with Crippen LogP contribution in [0.1, 0.15) is 43.0 Å². The number of aromatic amines is 1. The summed E-state index contributed by atoms with van der Waals surface area (Å²) >= 11 is 0. The molecule has 2 aromatic carbocycles. The lowest BCUT2D eigenvalue weighted by Crippen LogP contribution is -2.30. The molecule has 4 rings (SSSR count). The second-order valence-corrected chi connectivity index (χ2v) is 7.33. The lowest BCUT2D eigenvalue weighted by Gasteiger charge is -2.24. The number of rotatable bonds is 5. The van der Waals surface area contributed by atoms with Crippen LogP contribution in [0.2, 0.25) is 0 Å². The van der Waals surface area contributed by atoms with Gasteiger partial charge in [-0.1, -0.05) is 56.3 Å². The van der Waals surface area contributed by atoms with Crippen molar-refractivity contribution in [3.63, 3.8) is 0 Å². The molecular formula is C24H24N2O3. The predicted molar refractivity (Wildman–Crippen MR) is 113 cm³/mol. The first kappa shape index (κ1) is 19.0. The minimum absolute atomic E-state index is 0.125. The smallest absolute Gasteiger partial charge is 0.295 e. The molecule has 1 aliphatic rings. The molecule has 5 heteroatoms. The first-order valence-electron chi connectivity index (χ1n) is 10.0. The molecule has 3 aromatic rings. The third-order valence-corrected chi connectivity index (χ3v) is 5.56. The summed E-state index contributed by atoms with van der Waals surface area (Å²) in [5.74, 6) is -1.32. The maximum Gasteiger partial charge on any atom is 0.295 e. The molecule has 0 saturated carbocycles. The van der Waals surface area contributed by atoms with E-state index in [1.807, 2.05) is 49.5 Å². The SMILES string of the molecule is CCCN1C(=O)C(=O)/C(=C(/O)c2ccc(CC)cc2)C1c1c[nH]c2ccccc12. The Balaban J connectivity index is 1.91. The van der Waals surface area contributed by atoms with E-state index in [9.17, 15) is 14.7 Å². The average molecular weight is 388 g/mol. The number of Topliss-reactive ketones (excluding diaryl/α,β-unsaturated/α-hetero) is 1. The van der Waals surface area contributed by atoms with Crippen LogP contribution >= 0.6 is 0 Å². The molecule has 1 aromatic heterocycles. The number of fused-ring (bicyclic) bond motifs is 1. The zero-order valence-corrected chi connectivity index (χ0v) is 16.6. The quantitative estimate of drug-likeness (QED) is 0.382. The minimum atomic E-state index is -0.634. The molecule has 0 bridgehead atoms. The lowest BCUT2D eigenvalue weighted by molar-refractivity contribution is -0.139. The van der Waals surface area contributed by atoms with Crippen LogP contribution in [0.25, 0.3) is 16.7 Å². The number of aliphatic hydroxyl groups is 1. The zero-order valence-electron chi connectivity index (χ0n) is 16.6. The molecule has 1 aliphatic heterocycles. The summed E-state index contributed by atoms with van der Waals surface area (Å²) in [7, 11) is 0. The van der Waals surface area contributed by atoms with E-state index in [1.165, 1.54) is 0 Å². The lowest BCUT2D eigenvalue weighted by atomic mass is 9.94. The van der Waals surface area contributed by atoms with Crippen LogP contribution in [0.15, 0.2) is 60.3 Å². The Morgan fingerprint density at radius 2 is 1.79 bits per heavy atom. The summed E-state index contributed by atoms with van der Waals surface area (Å²) in [5.41, 5.74) is 3.58. The number of benzene rings is 2. The number of aromatic nitrogens is 1. The summed E-state index contributed by atoms with van der Waals surface area (Å²) in [6, 6.07) is 14.6. The van der Waals surface area contributed by atoms with Crippen LogP contribution in [0, 0.1) is 0 Å². The normalized spacial score (nSPS) is 18.7. The number of likely N-dealkylation sites (tertiary alicyclic amines) is 1. The van der Waals surface area contributed by atoms with Gasteiger partial charge in [0.05, 0.1) is 11.6 Å². The maximum absolute atomic E-state index is 13.0. The minimum Gasteiger partial charge on any atom is -0.507 e. The van der Waals surface area contributed by atoms with Crippen molar-refractivity contribution in [2.24, 2.45) is 0 Å². The van der Waals surface area contributed by atoms with Gasteiger partial charge < -0.3 is 15.0 Å². The first-order chi connectivity index (χ1) is 14.1. The Hall–Kier alpha value is -3.34. The van der Waals surface area contributed by atoms with E-state index in [0.29, 0.717) is 12.1 Å². The van der Waals surface area contributed by atoms with Crippen LogP contribution in [0.3, 0.4) is 0 Å². The van der Waals surface area contributed by atoms with E-state index in [0.717, 1.165) is 34.9 Å². The van der Waals surface area contributed by atoms with E-state index >= 15 is 0 Å². The van der Waals surface area contributed by atoms with Gasteiger partial charge in [-0.25, -0.2) is 0 Å². The molecule has 1 atom stereocenters. The number of aryl methyl sites for hydroxylation is 1. The average Bonchev–Trinajstić information content (AvgIpc) is 3.28. The summed E-state index contributed by atoms with van der Waals surface area (Å²) in [5, 5.41) is 12.0. The van der Waals surface area contributed by atoms with Crippen LogP contribution in [0.4, 0.5) is 0 Å². The summed E-state index contributed by atoms with van der Waals surface area (Å²) < 4.78 is 0. The van der Waals surface area contributed by atoms with Crippen LogP contribution in [-0.4, -0.2) is 33.2 Å². The molecular weight excluding hydrogens is 364 g/mol. The van der Waals surface area contributed by atoms with Crippen LogP contribution < -0.4 is 0 Å². The van der Waals surface area contributed by atoms with E-state index in [2.05, 4.69) is 11.9 Å². The highest BCUT2D eigenvalue weighted by Gasteiger charge is 2.46. The van der Waals surface area contributed by atoms with Crippen molar-refractivity contribution in [3.05, 3.63) is 77.0 Å². The highest BCUT2D eigenvalue weighted by Crippen LogP contribution is 2.41. The maximum atomic E-state index is 13.0. The van der Waals surface area contributed by atoms with Gasteiger partial charge in [0, 0.05) is 34.8 Å². The Morgan fingerprint density at radius 3 is 2.48 bits per heavy atom. The zero-order chi connectivity index (χ0) is 20.5.